The van der Waals surface area contributed by atoms with E-state index in [2.05, 4.69) is 0 Å². The molecule has 4 nitrogen and oxygen atoms in total. The van der Waals surface area contributed by atoms with Crippen molar-refractivity contribution in [2.45, 2.75) is 6.92 Å². The summed E-state index contributed by atoms with van der Waals surface area (Å²) >= 11 is 0. The fourth-order valence-electron chi connectivity index (χ4n) is 1.83. The van der Waals surface area contributed by atoms with Crippen LogP contribution in [0.3, 0.4) is 0 Å². The summed E-state index contributed by atoms with van der Waals surface area (Å²) in [6.07, 6.45) is 0. The number of ether oxygens (including phenoxy) is 3. The number of hydrogen-bond acceptors (Lipinski definition) is 4. The Morgan fingerprint density at radius 1 is 0.842 bits per heavy atom. The molecule has 0 saturated heterocycles. The fourth-order valence-corrected chi connectivity index (χ4v) is 1.83. The van der Waals surface area contributed by atoms with Crippen LogP contribution in [-0.4, -0.2) is 14.2 Å². The van der Waals surface area contributed by atoms with Gasteiger partial charge in [0.1, 0.15) is 0 Å². The molecule has 0 aliphatic rings. The van der Waals surface area contributed by atoms with Gasteiger partial charge < -0.3 is 19.9 Å². The molecule has 0 aromatic heterocycles. The van der Waals surface area contributed by atoms with E-state index in [9.17, 15) is 0 Å². The topological polar surface area (TPSA) is 53.7 Å². The second-order valence-electron chi connectivity index (χ2n) is 4.09. The molecule has 2 aromatic rings. The molecule has 0 radical (unpaired) electrons. The first-order chi connectivity index (χ1) is 9.17. The van der Waals surface area contributed by atoms with E-state index < -0.39 is 0 Å². The first kappa shape index (κ1) is 13.1. The van der Waals surface area contributed by atoms with Crippen LogP contribution in [0.4, 0.5) is 5.69 Å². The van der Waals surface area contributed by atoms with Crippen LogP contribution < -0.4 is 19.9 Å². The average Bonchev–Trinajstić information content (AvgIpc) is 2.42. The highest BCUT2D eigenvalue weighted by atomic mass is 16.5. The number of methoxy groups -OCH3 is 2. The third-order valence-corrected chi connectivity index (χ3v) is 2.83. The highest BCUT2D eigenvalue weighted by molar-refractivity contribution is 5.61. The van der Waals surface area contributed by atoms with Gasteiger partial charge in [0.05, 0.1) is 19.9 Å². The molecular formula is C15H17NO3. The minimum atomic E-state index is 0.522. The Morgan fingerprint density at radius 2 is 1.42 bits per heavy atom. The van der Waals surface area contributed by atoms with E-state index in [4.69, 9.17) is 19.9 Å². The SMILES string of the molecule is COc1cccc(OC)c1Oc1c(C)cccc1N. The van der Waals surface area contributed by atoms with Crippen molar-refractivity contribution in [3.05, 3.63) is 42.0 Å². The Balaban J connectivity index is 2.48. The Morgan fingerprint density at radius 3 is 1.95 bits per heavy atom. The van der Waals surface area contributed by atoms with Crippen molar-refractivity contribution < 1.29 is 14.2 Å². The van der Waals surface area contributed by atoms with Crippen LogP contribution in [0.1, 0.15) is 5.56 Å². The molecule has 0 unspecified atom stereocenters. The van der Waals surface area contributed by atoms with Gasteiger partial charge in [-0.15, -0.1) is 0 Å². The van der Waals surface area contributed by atoms with E-state index in [-0.39, 0.29) is 0 Å². The summed E-state index contributed by atoms with van der Waals surface area (Å²) in [4.78, 5) is 0. The zero-order chi connectivity index (χ0) is 13.8. The molecule has 0 bridgehead atoms. The monoisotopic (exact) mass is 259 g/mol. The molecule has 0 aliphatic heterocycles. The molecule has 0 spiro atoms. The second-order valence-corrected chi connectivity index (χ2v) is 4.09. The van der Waals surface area contributed by atoms with Gasteiger partial charge in [0.25, 0.3) is 0 Å². The highest BCUT2D eigenvalue weighted by Gasteiger charge is 2.14. The fraction of sp³-hybridized carbons (Fsp3) is 0.200. The summed E-state index contributed by atoms with van der Waals surface area (Å²) in [5.74, 6) is 2.34. The van der Waals surface area contributed by atoms with E-state index >= 15 is 0 Å². The number of nitrogen functional groups attached to an aromatic ring is 1. The van der Waals surface area contributed by atoms with Gasteiger partial charge in [0.2, 0.25) is 5.75 Å². The van der Waals surface area contributed by atoms with E-state index in [1.807, 2.05) is 37.3 Å². The van der Waals surface area contributed by atoms with Gasteiger partial charge in [-0.25, -0.2) is 0 Å². The molecule has 4 heteroatoms. The van der Waals surface area contributed by atoms with Crippen LogP contribution in [0.15, 0.2) is 36.4 Å². The van der Waals surface area contributed by atoms with E-state index in [1.165, 1.54) is 0 Å². The molecule has 0 aliphatic carbocycles. The van der Waals surface area contributed by atoms with Crippen LogP contribution >= 0.6 is 0 Å². The molecule has 0 fully saturated rings. The molecule has 19 heavy (non-hydrogen) atoms. The molecule has 0 amide bonds. The van der Waals surface area contributed by atoms with Gasteiger partial charge in [-0.05, 0) is 30.7 Å². The summed E-state index contributed by atoms with van der Waals surface area (Å²) in [5, 5.41) is 0. The number of aryl methyl sites for hydroxylation is 1. The number of para-hydroxylation sites is 2. The lowest BCUT2D eigenvalue weighted by Gasteiger charge is -2.16. The maximum absolute atomic E-state index is 5.95. The zero-order valence-corrected chi connectivity index (χ0v) is 11.3. The molecule has 2 N–H and O–H groups in total. The Labute approximate surface area is 112 Å². The van der Waals surface area contributed by atoms with E-state index in [0.717, 1.165) is 5.56 Å². The second kappa shape index (κ2) is 5.52. The third kappa shape index (κ3) is 2.57. The van der Waals surface area contributed by atoms with Crippen LogP contribution in [0.5, 0.6) is 23.0 Å². The minimum absolute atomic E-state index is 0.522. The van der Waals surface area contributed by atoms with Crippen molar-refractivity contribution in [1.82, 2.24) is 0 Å². The predicted molar refractivity (Wildman–Crippen MR) is 75.2 cm³/mol. The first-order valence-corrected chi connectivity index (χ1v) is 5.91. The predicted octanol–water partition coefficient (Wildman–Crippen LogP) is 3.39. The van der Waals surface area contributed by atoms with Gasteiger partial charge in [-0.1, -0.05) is 18.2 Å². The molecule has 0 saturated carbocycles. The van der Waals surface area contributed by atoms with Crippen molar-refractivity contribution in [2.75, 3.05) is 20.0 Å². The summed E-state index contributed by atoms with van der Waals surface area (Å²) in [6, 6.07) is 11.1. The zero-order valence-electron chi connectivity index (χ0n) is 11.3. The van der Waals surface area contributed by atoms with Crippen LogP contribution in [0.2, 0.25) is 0 Å². The Hall–Kier alpha value is -2.36. The van der Waals surface area contributed by atoms with Gasteiger partial charge >= 0.3 is 0 Å². The van der Waals surface area contributed by atoms with Crippen molar-refractivity contribution >= 4 is 5.69 Å². The minimum Gasteiger partial charge on any atom is -0.493 e. The summed E-state index contributed by atoms with van der Waals surface area (Å²) in [6.45, 7) is 1.94. The normalized spacial score (nSPS) is 10.1. The maximum atomic E-state index is 5.95. The van der Waals surface area contributed by atoms with Gasteiger partial charge in [0.15, 0.2) is 17.2 Å². The molecule has 100 valence electrons. The highest BCUT2D eigenvalue weighted by Crippen LogP contribution is 2.42. The number of rotatable bonds is 4. The molecule has 2 aromatic carbocycles. The summed E-state index contributed by atoms with van der Waals surface area (Å²) < 4.78 is 16.5. The average molecular weight is 259 g/mol. The lowest BCUT2D eigenvalue weighted by atomic mass is 10.2. The Bertz CT molecular complexity index is 539. The number of benzene rings is 2. The number of anilines is 1. The number of hydrogen-bond donors (Lipinski definition) is 1. The standard InChI is InChI=1S/C15H17NO3/c1-10-6-4-7-11(16)14(10)19-15-12(17-2)8-5-9-13(15)18-3/h4-9H,16H2,1-3H3. The quantitative estimate of drug-likeness (QED) is 0.855. The Kier molecular flexibility index (Phi) is 3.80. The first-order valence-electron chi connectivity index (χ1n) is 5.91. The maximum Gasteiger partial charge on any atom is 0.211 e. The lowest BCUT2D eigenvalue weighted by Crippen LogP contribution is -1.98. The smallest absolute Gasteiger partial charge is 0.211 e. The van der Waals surface area contributed by atoms with Crippen LogP contribution in [-0.2, 0) is 0 Å². The van der Waals surface area contributed by atoms with E-state index in [1.54, 1.807) is 20.3 Å². The number of nitrogens with two attached hydrogens (primary N) is 1. The van der Waals surface area contributed by atoms with Crippen LogP contribution in [0, 0.1) is 6.92 Å². The molecule has 0 atom stereocenters. The molecule has 0 heterocycles. The van der Waals surface area contributed by atoms with Gasteiger partial charge in [0, 0.05) is 0 Å². The van der Waals surface area contributed by atoms with Crippen molar-refractivity contribution in [3.63, 3.8) is 0 Å². The van der Waals surface area contributed by atoms with E-state index in [0.29, 0.717) is 28.7 Å². The third-order valence-electron chi connectivity index (χ3n) is 2.83. The largest absolute Gasteiger partial charge is 0.493 e. The summed E-state index contributed by atoms with van der Waals surface area (Å²) in [7, 11) is 3.17. The molecule has 2 rings (SSSR count). The summed E-state index contributed by atoms with van der Waals surface area (Å²) in [5.41, 5.74) is 7.47. The van der Waals surface area contributed by atoms with Gasteiger partial charge in [-0.3, -0.25) is 0 Å². The van der Waals surface area contributed by atoms with Crippen LogP contribution in [0.25, 0.3) is 0 Å². The van der Waals surface area contributed by atoms with Crippen molar-refractivity contribution in [2.24, 2.45) is 0 Å². The van der Waals surface area contributed by atoms with Crippen molar-refractivity contribution in [3.8, 4) is 23.0 Å². The molecular weight excluding hydrogens is 242 g/mol. The van der Waals surface area contributed by atoms with Crippen molar-refractivity contribution in [1.29, 1.82) is 0 Å². The van der Waals surface area contributed by atoms with Gasteiger partial charge in [-0.2, -0.15) is 0 Å². The lowest BCUT2D eigenvalue weighted by molar-refractivity contribution is 0.346.